The molecule has 1 N–H and O–H groups in total. The molecule has 0 spiro atoms. The van der Waals surface area contributed by atoms with Crippen LogP contribution in [0.25, 0.3) is 0 Å². The van der Waals surface area contributed by atoms with Gasteiger partial charge in [0, 0.05) is 19.2 Å². The average Bonchev–Trinajstić information content (AvgIpc) is 2.19. The molecule has 3 heteroatoms. The molecule has 1 aromatic carbocycles. The lowest BCUT2D eigenvalue weighted by Gasteiger charge is -2.29. The van der Waals surface area contributed by atoms with Gasteiger partial charge in [0.1, 0.15) is 11.6 Å². The maximum absolute atomic E-state index is 13.4. The zero-order chi connectivity index (χ0) is 9.97. The molecule has 1 aliphatic heterocycles. The summed E-state index contributed by atoms with van der Waals surface area (Å²) in [6.07, 6.45) is 3.48. The monoisotopic (exact) mass is 195 g/mol. The van der Waals surface area contributed by atoms with E-state index >= 15 is 0 Å². The van der Waals surface area contributed by atoms with E-state index < -0.39 is 0 Å². The molecule has 14 heavy (non-hydrogen) atoms. The highest BCUT2D eigenvalue weighted by molar-refractivity contribution is 5.50. The summed E-state index contributed by atoms with van der Waals surface area (Å²) >= 11 is 0. The molecule has 0 atom stereocenters. The van der Waals surface area contributed by atoms with Gasteiger partial charge in [-0.25, -0.2) is 4.39 Å². The molecule has 1 heterocycles. The Hall–Kier alpha value is -1.25. The third-order valence-electron chi connectivity index (χ3n) is 2.63. The van der Waals surface area contributed by atoms with Gasteiger partial charge < -0.3 is 10.0 Å². The van der Waals surface area contributed by atoms with E-state index in [9.17, 15) is 4.39 Å². The van der Waals surface area contributed by atoms with Gasteiger partial charge in [-0.1, -0.05) is 0 Å². The van der Waals surface area contributed by atoms with Gasteiger partial charge in [0.05, 0.1) is 5.69 Å². The second-order valence-corrected chi connectivity index (χ2v) is 3.68. The maximum atomic E-state index is 13.4. The lowest BCUT2D eigenvalue weighted by Crippen LogP contribution is -2.30. The van der Waals surface area contributed by atoms with Gasteiger partial charge in [0.25, 0.3) is 0 Å². The summed E-state index contributed by atoms with van der Waals surface area (Å²) in [6.45, 7) is 1.84. The van der Waals surface area contributed by atoms with Crippen molar-refractivity contribution in [1.82, 2.24) is 0 Å². The van der Waals surface area contributed by atoms with E-state index in [0.29, 0.717) is 5.69 Å². The summed E-state index contributed by atoms with van der Waals surface area (Å²) in [5.41, 5.74) is 0.613. The first-order chi connectivity index (χ1) is 6.77. The molecule has 0 radical (unpaired) electrons. The van der Waals surface area contributed by atoms with E-state index in [1.54, 1.807) is 6.07 Å². The van der Waals surface area contributed by atoms with Crippen LogP contribution in [0.2, 0.25) is 0 Å². The summed E-state index contributed by atoms with van der Waals surface area (Å²) in [4.78, 5) is 2.04. The second-order valence-electron chi connectivity index (χ2n) is 3.68. The largest absolute Gasteiger partial charge is 0.508 e. The third-order valence-corrected chi connectivity index (χ3v) is 2.63. The SMILES string of the molecule is Oc1ccc(N2CCCCC2)c(F)c1. The summed E-state index contributed by atoms with van der Waals surface area (Å²) in [7, 11) is 0. The Kier molecular flexibility index (Phi) is 2.57. The van der Waals surface area contributed by atoms with Crippen LogP contribution < -0.4 is 4.90 Å². The standard InChI is InChI=1S/C11H14FNO/c12-10-8-9(14)4-5-11(10)13-6-2-1-3-7-13/h4-5,8,14H,1-3,6-7H2. The fourth-order valence-corrected chi connectivity index (χ4v) is 1.89. The molecular formula is C11H14FNO. The normalized spacial score (nSPS) is 17.1. The van der Waals surface area contributed by atoms with Crippen molar-refractivity contribution >= 4 is 5.69 Å². The van der Waals surface area contributed by atoms with Crippen LogP contribution in [0.3, 0.4) is 0 Å². The molecule has 2 rings (SSSR count). The molecule has 0 aliphatic carbocycles. The van der Waals surface area contributed by atoms with E-state index in [0.717, 1.165) is 25.9 Å². The van der Waals surface area contributed by atoms with Crippen LogP contribution in [0.4, 0.5) is 10.1 Å². The first kappa shape index (κ1) is 9.31. The molecule has 76 valence electrons. The van der Waals surface area contributed by atoms with Crippen molar-refractivity contribution in [1.29, 1.82) is 0 Å². The highest BCUT2D eigenvalue weighted by Gasteiger charge is 2.14. The first-order valence-electron chi connectivity index (χ1n) is 5.01. The summed E-state index contributed by atoms with van der Waals surface area (Å²) < 4.78 is 13.4. The summed E-state index contributed by atoms with van der Waals surface area (Å²) in [5.74, 6) is -0.338. The van der Waals surface area contributed by atoms with Crippen molar-refractivity contribution in [2.45, 2.75) is 19.3 Å². The highest BCUT2D eigenvalue weighted by Crippen LogP contribution is 2.25. The number of halogens is 1. The van der Waals surface area contributed by atoms with Crippen LogP contribution in [-0.4, -0.2) is 18.2 Å². The summed E-state index contributed by atoms with van der Waals surface area (Å²) in [5, 5.41) is 9.08. The quantitative estimate of drug-likeness (QED) is 0.744. The lowest BCUT2D eigenvalue weighted by molar-refractivity contribution is 0.468. The van der Waals surface area contributed by atoms with Crippen LogP contribution in [0.15, 0.2) is 18.2 Å². The Morgan fingerprint density at radius 3 is 2.50 bits per heavy atom. The Bertz CT molecular complexity index is 321. The Labute approximate surface area is 83.0 Å². The molecule has 2 nitrogen and oxygen atoms in total. The third kappa shape index (κ3) is 1.81. The number of piperidine rings is 1. The van der Waals surface area contributed by atoms with Crippen molar-refractivity contribution in [3.05, 3.63) is 24.0 Å². The van der Waals surface area contributed by atoms with Crippen LogP contribution in [-0.2, 0) is 0 Å². The number of hydrogen-bond donors (Lipinski definition) is 1. The van der Waals surface area contributed by atoms with Gasteiger partial charge in [0.2, 0.25) is 0 Å². The van der Waals surface area contributed by atoms with E-state index in [4.69, 9.17) is 5.11 Å². The topological polar surface area (TPSA) is 23.5 Å². The van der Waals surface area contributed by atoms with Gasteiger partial charge in [0.15, 0.2) is 0 Å². The minimum Gasteiger partial charge on any atom is -0.508 e. The molecular weight excluding hydrogens is 181 g/mol. The molecule has 1 aromatic rings. The van der Waals surface area contributed by atoms with Crippen molar-refractivity contribution < 1.29 is 9.50 Å². The predicted octanol–water partition coefficient (Wildman–Crippen LogP) is 2.52. The van der Waals surface area contributed by atoms with Gasteiger partial charge in [-0.3, -0.25) is 0 Å². The Morgan fingerprint density at radius 2 is 1.86 bits per heavy atom. The number of aromatic hydroxyl groups is 1. The molecule has 0 amide bonds. The van der Waals surface area contributed by atoms with Crippen molar-refractivity contribution in [3.8, 4) is 5.75 Å². The van der Waals surface area contributed by atoms with Crippen molar-refractivity contribution in [3.63, 3.8) is 0 Å². The zero-order valence-corrected chi connectivity index (χ0v) is 8.04. The van der Waals surface area contributed by atoms with E-state index in [2.05, 4.69) is 0 Å². The number of hydrogen-bond acceptors (Lipinski definition) is 2. The van der Waals surface area contributed by atoms with Crippen molar-refractivity contribution in [2.24, 2.45) is 0 Å². The molecule has 0 bridgehead atoms. The number of phenols is 1. The maximum Gasteiger partial charge on any atom is 0.150 e. The number of benzene rings is 1. The first-order valence-corrected chi connectivity index (χ1v) is 5.01. The summed E-state index contributed by atoms with van der Waals surface area (Å²) in [6, 6.07) is 4.35. The van der Waals surface area contributed by atoms with Gasteiger partial charge in [-0.15, -0.1) is 0 Å². The van der Waals surface area contributed by atoms with Crippen LogP contribution >= 0.6 is 0 Å². The molecule has 1 saturated heterocycles. The Balaban J connectivity index is 2.22. The number of anilines is 1. The molecule has 1 aliphatic rings. The minimum atomic E-state index is -0.327. The highest BCUT2D eigenvalue weighted by atomic mass is 19.1. The lowest BCUT2D eigenvalue weighted by atomic mass is 10.1. The van der Waals surface area contributed by atoms with Gasteiger partial charge >= 0.3 is 0 Å². The van der Waals surface area contributed by atoms with Crippen LogP contribution in [0.1, 0.15) is 19.3 Å². The number of nitrogens with zero attached hydrogens (tertiary/aromatic N) is 1. The average molecular weight is 195 g/mol. The van der Waals surface area contributed by atoms with Gasteiger partial charge in [-0.2, -0.15) is 0 Å². The molecule has 1 fully saturated rings. The van der Waals surface area contributed by atoms with E-state index in [1.807, 2.05) is 4.90 Å². The van der Waals surface area contributed by atoms with Crippen molar-refractivity contribution in [2.75, 3.05) is 18.0 Å². The predicted molar refractivity (Wildman–Crippen MR) is 54.1 cm³/mol. The smallest absolute Gasteiger partial charge is 0.150 e. The molecule has 0 unspecified atom stereocenters. The molecule has 0 saturated carbocycles. The van der Waals surface area contributed by atoms with Crippen LogP contribution in [0.5, 0.6) is 5.75 Å². The fourth-order valence-electron chi connectivity index (χ4n) is 1.89. The van der Waals surface area contributed by atoms with E-state index in [1.165, 1.54) is 18.6 Å². The van der Waals surface area contributed by atoms with Gasteiger partial charge in [-0.05, 0) is 31.4 Å². The second kappa shape index (κ2) is 3.86. The number of rotatable bonds is 1. The number of phenolic OH excluding ortho intramolecular Hbond substituents is 1. The van der Waals surface area contributed by atoms with Crippen LogP contribution in [0, 0.1) is 5.82 Å². The van der Waals surface area contributed by atoms with E-state index in [-0.39, 0.29) is 11.6 Å². The molecule has 0 aromatic heterocycles. The minimum absolute atomic E-state index is 0.0109. The fraction of sp³-hybridized carbons (Fsp3) is 0.455. The Morgan fingerprint density at radius 1 is 1.14 bits per heavy atom. The zero-order valence-electron chi connectivity index (χ0n) is 8.04.